The van der Waals surface area contributed by atoms with E-state index in [4.69, 9.17) is 20.9 Å². The minimum absolute atomic E-state index is 0.0405. The van der Waals surface area contributed by atoms with Crippen LogP contribution in [0.3, 0.4) is 0 Å². The summed E-state index contributed by atoms with van der Waals surface area (Å²) >= 11 is 6.15. The van der Waals surface area contributed by atoms with E-state index in [1.165, 1.54) is 13.2 Å². The number of ether oxygens (including phenoxy) is 1. The number of nitrogens with one attached hydrogen (secondary N) is 3. The predicted octanol–water partition coefficient (Wildman–Crippen LogP) is 4.87. The number of amides is 3. The fourth-order valence-corrected chi connectivity index (χ4v) is 3.41. The van der Waals surface area contributed by atoms with E-state index in [-0.39, 0.29) is 11.7 Å². The van der Waals surface area contributed by atoms with Gasteiger partial charge in [-0.3, -0.25) is 4.79 Å². The molecule has 0 bridgehead atoms. The number of para-hydroxylation sites is 1. The topological polar surface area (TPSA) is 123 Å². The number of halogens is 1. The maximum absolute atomic E-state index is 12.5. The molecular formula is C24H25ClN4O5. The number of hydrogen-bond acceptors (Lipinski definition) is 6. The fourth-order valence-electron chi connectivity index (χ4n) is 3.15. The zero-order valence-corrected chi connectivity index (χ0v) is 19.9. The number of aromatic nitrogens is 1. The van der Waals surface area contributed by atoms with Crippen LogP contribution < -0.4 is 16.0 Å². The number of methoxy groups -OCH3 is 1. The number of carbonyl (C=O) groups excluding carboxylic acids is 3. The van der Waals surface area contributed by atoms with Crippen LogP contribution in [0.1, 0.15) is 30.0 Å². The largest absolute Gasteiger partial charge is 0.467 e. The molecule has 3 amide bonds. The highest BCUT2D eigenvalue weighted by Crippen LogP contribution is 2.26. The Bertz CT molecular complexity index is 1170. The van der Waals surface area contributed by atoms with Crippen molar-refractivity contribution in [1.82, 2.24) is 10.5 Å². The first kappa shape index (κ1) is 24.8. The highest BCUT2D eigenvalue weighted by Gasteiger charge is 2.27. The first-order valence-electron chi connectivity index (χ1n) is 10.5. The zero-order valence-electron chi connectivity index (χ0n) is 19.1. The molecule has 0 aliphatic carbocycles. The van der Waals surface area contributed by atoms with Crippen molar-refractivity contribution in [3.05, 3.63) is 64.9 Å². The van der Waals surface area contributed by atoms with Crippen LogP contribution in [0.15, 0.2) is 53.1 Å². The molecule has 1 heterocycles. The van der Waals surface area contributed by atoms with E-state index < -0.39 is 23.9 Å². The summed E-state index contributed by atoms with van der Waals surface area (Å²) in [5, 5.41) is 12.4. The molecule has 3 rings (SSSR count). The second kappa shape index (κ2) is 10.8. The summed E-state index contributed by atoms with van der Waals surface area (Å²) in [4.78, 5) is 36.7. The number of esters is 1. The molecule has 0 aliphatic rings. The number of aryl methyl sites for hydroxylation is 1. The van der Waals surface area contributed by atoms with Crippen molar-refractivity contribution in [2.45, 2.75) is 26.8 Å². The van der Waals surface area contributed by atoms with Crippen LogP contribution in [0.2, 0.25) is 5.02 Å². The summed E-state index contributed by atoms with van der Waals surface area (Å²) in [6, 6.07) is 12.4. The number of urea groups is 1. The second-order valence-corrected chi connectivity index (χ2v) is 8.29. The first-order chi connectivity index (χ1) is 16.2. The minimum atomic E-state index is -0.808. The third-order valence-electron chi connectivity index (χ3n) is 5.04. The quantitative estimate of drug-likeness (QED) is 0.411. The molecule has 0 spiro atoms. The molecule has 2 aromatic carbocycles. The third-order valence-corrected chi connectivity index (χ3v) is 5.36. The van der Waals surface area contributed by atoms with Gasteiger partial charge in [-0.05, 0) is 36.6 Å². The maximum Gasteiger partial charge on any atom is 0.328 e. The molecule has 178 valence electrons. The van der Waals surface area contributed by atoms with Crippen LogP contribution in [-0.2, 0) is 9.53 Å². The Balaban J connectivity index is 1.64. The molecule has 0 fully saturated rings. The van der Waals surface area contributed by atoms with E-state index in [1.807, 2.05) is 13.0 Å². The van der Waals surface area contributed by atoms with E-state index in [0.29, 0.717) is 27.7 Å². The molecule has 34 heavy (non-hydrogen) atoms. The maximum atomic E-state index is 12.5. The van der Waals surface area contributed by atoms with Gasteiger partial charge in [-0.2, -0.15) is 0 Å². The Kier molecular flexibility index (Phi) is 7.91. The minimum Gasteiger partial charge on any atom is -0.467 e. The highest BCUT2D eigenvalue weighted by molar-refractivity contribution is 6.34. The van der Waals surface area contributed by atoms with Gasteiger partial charge in [-0.1, -0.05) is 54.9 Å². The van der Waals surface area contributed by atoms with Gasteiger partial charge in [-0.25, -0.2) is 9.59 Å². The number of nitrogens with zero attached hydrogens (tertiary/aromatic N) is 1. The molecule has 0 aliphatic heterocycles. The van der Waals surface area contributed by atoms with Crippen LogP contribution in [0, 0.1) is 12.8 Å². The Morgan fingerprint density at radius 1 is 1.06 bits per heavy atom. The molecule has 0 saturated heterocycles. The molecule has 1 atom stereocenters. The Labute approximate surface area is 201 Å². The smallest absolute Gasteiger partial charge is 0.328 e. The van der Waals surface area contributed by atoms with Gasteiger partial charge < -0.3 is 25.2 Å². The van der Waals surface area contributed by atoms with Gasteiger partial charge in [0, 0.05) is 17.3 Å². The van der Waals surface area contributed by atoms with Crippen LogP contribution in [-0.4, -0.2) is 36.2 Å². The van der Waals surface area contributed by atoms with E-state index in [1.54, 1.807) is 50.2 Å². The van der Waals surface area contributed by atoms with Gasteiger partial charge in [0.05, 0.1) is 17.8 Å². The van der Waals surface area contributed by atoms with Crippen molar-refractivity contribution in [2.75, 3.05) is 17.7 Å². The van der Waals surface area contributed by atoms with Crippen molar-refractivity contribution in [1.29, 1.82) is 0 Å². The van der Waals surface area contributed by atoms with Gasteiger partial charge in [0.15, 0.2) is 0 Å². The SMILES string of the molecule is COC(=O)C(NC(=O)c1cc(-c2ccc(NC(=O)Nc3c(C)cccc3Cl)cc2)no1)C(C)C. The van der Waals surface area contributed by atoms with Crippen LogP contribution >= 0.6 is 11.6 Å². The lowest BCUT2D eigenvalue weighted by Gasteiger charge is -2.18. The van der Waals surface area contributed by atoms with E-state index in [0.717, 1.165) is 5.56 Å². The molecule has 0 saturated carbocycles. The normalized spacial score (nSPS) is 11.6. The number of benzene rings is 2. The lowest BCUT2D eigenvalue weighted by atomic mass is 10.0. The van der Waals surface area contributed by atoms with Gasteiger partial charge in [0.1, 0.15) is 11.7 Å². The average molecular weight is 485 g/mol. The summed E-state index contributed by atoms with van der Waals surface area (Å²) in [5.74, 6) is -1.33. The van der Waals surface area contributed by atoms with Crippen molar-refractivity contribution >= 4 is 40.9 Å². The van der Waals surface area contributed by atoms with Crippen molar-refractivity contribution in [2.24, 2.45) is 5.92 Å². The molecule has 0 radical (unpaired) electrons. The van der Waals surface area contributed by atoms with Crippen molar-refractivity contribution < 1.29 is 23.6 Å². The van der Waals surface area contributed by atoms with E-state index >= 15 is 0 Å². The number of anilines is 2. The Hall–Kier alpha value is -3.85. The van der Waals surface area contributed by atoms with Crippen molar-refractivity contribution in [3.63, 3.8) is 0 Å². The lowest BCUT2D eigenvalue weighted by molar-refractivity contribution is -0.144. The summed E-state index contributed by atoms with van der Waals surface area (Å²) in [6.45, 7) is 5.43. The number of hydrogen-bond donors (Lipinski definition) is 3. The zero-order chi connectivity index (χ0) is 24.8. The summed E-state index contributed by atoms with van der Waals surface area (Å²) < 4.78 is 9.88. The first-order valence-corrected chi connectivity index (χ1v) is 10.9. The van der Waals surface area contributed by atoms with Crippen LogP contribution in [0.5, 0.6) is 0 Å². The molecule has 9 nitrogen and oxygen atoms in total. The van der Waals surface area contributed by atoms with E-state index in [9.17, 15) is 14.4 Å². The van der Waals surface area contributed by atoms with Gasteiger partial charge >= 0.3 is 12.0 Å². The number of carbonyl (C=O) groups is 3. The summed E-state index contributed by atoms with van der Waals surface area (Å²) in [6.07, 6.45) is 0. The third kappa shape index (κ3) is 5.93. The molecule has 1 unspecified atom stereocenters. The Morgan fingerprint density at radius 3 is 2.38 bits per heavy atom. The molecule has 1 aromatic heterocycles. The second-order valence-electron chi connectivity index (χ2n) is 7.88. The van der Waals surface area contributed by atoms with Gasteiger partial charge in [0.2, 0.25) is 5.76 Å². The van der Waals surface area contributed by atoms with Gasteiger partial charge in [-0.15, -0.1) is 0 Å². The summed E-state index contributed by atoms with van der Waals surface area (Å²) in [5.41, 5.74) is 3.02. The fraction of sp³-hybridized carbons (Fsp3) is 0.250. The van der Waals surface area contributed by atoms with Crippen LogP contribution in [0.25, 0.3) is 11.3 Å². The average Bonchev–Trinajstić information content (AvgIpc) is 3.30. The lowest BCUT2D eigenvalue weighted by Crippen LogP contribution is -2.44. The Morgan fingerprint density at radius 2 is 1.76 bits per heavy atom. The van der Waals surface area contributed by atoms with E-state index in [2.05, 4.69) is 21.1 Å². The number of rotatable bonds is 7. The molecule has 3 N–H and O–H groups in total. The van der Waals surface area contributed by atoms with Gasteiger partial charge in [0.25, 0.3) is 5.91 Å². The molecular weight excluding hydrogens is 460 g/mol. The molecule has 10 heteroatoms. The monoisotopic (exact) mass is 484 g/mol. The summed E-state index contributed by atoms with van der Waals surface area (Å²) in [7, 11) is 1.26. The van der Waals surface area contributed by atoms with Crippen molar-refractivity contribution in [3.8, 4) is 11.3 Å². The predicted molar refractivity (Wildman–Crippen MR) is 129 cm³/mol. The standard InChI is InChI=1S/C24H25ClN4O5/c1-13(2)20(23(31)33-4)27-22(30)19-12-18(29-34-19)15-8-10-16(11-9-15)26-24(32)28-21-14(3)6-5-7-17(21)25/h5-13,20H,1-4H3,(H,27,30)(H2,26,28,32). The highest BCUT2D eigenvalue weighted by atomic mass is 35.5. The van der Waals surface area contributed by atoms with Crippen LogP contribution in [0.4, 0.5) is 16.2 Å². The molecule has 3 aromatic rings.